The van der Waals surface area contributed by atoms with Crippen LogP contribution in [0.4, 0.5) is 0 Å². The summed E-state index contributed by atoms with van der Waals surface area (Å²) in [4.78, 5) is 0. The van der Waals surface area contributed by atoms with Crippen molar-refractivity contribution in [3.05, 3.63) is 34.3 Å². The van der Waals surface area contributed by atoms with Crippen LogP contribution < -0.4 is 0 Å². The van der Waals surface area contributed by atoms with Crippen LogP contribution in [-0.4, -0.2) is 23.2 Å². The lowest BCUT2D eigenvalue weighted by atomic mass is 10.1. The molecule has 0 saturated carbocycles. The molecule has 0 aliphatic carbocycles. The van der Waals surface area contributed by atoms with Crippen LogP contribution in [0.25, 0.3) is 0 Å². The third-order valence-electron chi connectivity index (χ3n) is 2.32. The highest BCUT2D eigenvalue weighted by Crippen LogP contribution is 2.22. The maximum atomic E-state index is 5.86. The molecule has 0 aliphatic heterocycles. The molecule has 0 spiro atoms. The van der Waals surface area contributed by atoms with E-state index in [0.717, 1.165) is 8.90 Å². The van der Waals surface area contributed by atoms with Crippen LogP contribution >= 0.6 is 38.5 Å². The number of alkyl halides is 1. The van der Waals surface area contributed by atoms with Gasteiger partial charge in [0, 0.05) is 8.90 Å². The highest BCUT2D eigenvalue weighted by atomic mass is 127. The second-order valence-corrected chi connectivity index (χ2v) is 6.82. The lowest BCUT2D eigenvalue weighted by Gasteiger charge is -2.21. The Bertz CT molecular complexity index is 346. The molecule has 0 aliphatic rings. The topological polar surface area (TPSA) is 18.5 Å². The Morgan fingerprint density at radius 3 is 2.28 bits per heavy atom. The van der Waals surface area contributed by atoms with Crippen LogP contribution in [0, 0.1) is 0 Å². The highest BCUT2D eigenvalue weighted by molar-refractivity contribution is 14.1. The van der Waals surface area contributed by atoms with Gasteiger partial charge in [0.2, 0.25) is 0 Å². The smallest absolute Gasteiger partial charge is 0.0915 e. The zero-order chi connectivity index (χ0) is 13.6. The van der Waals surface area contributed by atoms with Crippen molar-refractivity contribution >= 4 is 38.5 Å². The van der Waals surface area contributed by atoms with E-state index in [1.54, 1.807) is 0 Å². The molecule has 1 rings (SSSR count). The summed E-state index contributed by atoms with van der Waals surface area (Å²) in [5, 5.41) is 0. The van der Waals surface area contributed by atoms with Gasteiger partial charge in [0.15, 0.2) is 0 Å². The first kappa shape index (κ1) is 16.4. The Hall–Kier alpha value is 0.350. The molecule has 1 aromatic carbocycles. The molecule has 0 radical (unpaired) electrons. The van der Waals surface area contributed by atoms with E-state index in [1.807, 2.05) is 12.1 Å². The molecule has 18 heavy (non-hydrogen) atoms. The van der Waals surface area contributed by atoms with Gasteiger partial charge in [0.25, 0.3) is 0 Å². The normalized spacial score (nSPS) is 13.6. The Morgan fingerprint density at radius 2 is 1.78 bits per heavy atom. The highest BCUT2D eigenvalue weighted by Gasteiger charge is 2.12. The van der Waals surface area contributed by atoms with Crippen molar-refractivity contribution in [1.82, 2.24) is 0 Å². The molecule has 0 aromatic heterocycles. The summed E-state index contributed by atoms with van der Waals surface area (Å²) >= 11 is 5.79. The minimum absolute atomic E-state index is 0.0964. The predicted molar refractivity (Wildman–Crippen MR) is 87.4 cm³/mol. The fourth-order valence-electron chi connectivity index (χ4n) is 1.45. The monoisotopic (exact) mass is 426 g/mol. The van der Waals surface area contributed by atoms with Crippen molar-refractivity contribution in [1.29, 1.82) is 0 Å². The molecule has 0 bridgehead atoms. The third-order valence-corrected chi connectivity index (χ3v) is 3.65. The zero-order valence-electron chi connectivity index (χ0n) is 11.1. The minimum atomic E-state index is -0.0964. The van der Waals surface area contributed by atoms with Gasteiger partial charge in [-0.2, -0.15) is 0 Å². The fourth-order valence-corrected chi connectivity index (χ4v) is 2.47. The lowest BCUT2D eigenvalue weighted by molar-refractivity contribution is -0.0477. The average Bonchev–Trinajstić information content (AvgIpc) is 2.29. The first-order valence-corrected chi connectivity index (χ1v) is 8.31. The van der Waals surface area contributed by atoms with Crippen LogP contribution in [0.5, 0.6) is 0 Å². The molecule has 2 nitrogen and oxygen atoms in total. The molecular formula is C14H20BrIO2. The van der Waals surface area contributed by atoms with E-state index >= 15 is 0 Å². The number of hydrogen-bond donors (Lipinski definition) is 0. The maximum absolute atomic E-state index is 5.86. The van der Waals surface area contributed by atoms with Crippen molar-refractivity contribution in [2.45, 2.75) is 32.5 Å². The predicted octanol–water partition coefficient (Wildman–Crippen LogP) is 4.76. The third kappa shape index (κ3) is 6.50. The van der Waals surface area contributed by atoms with Gasteiger partial charge in [-0.3, -0.25) is 0 Å². The van der Waals surface area contributed by atoms with Gasteiger partial charge in [-0.15, -0.1) is 0 Å². The van der Waals surface area contributed by atoms with Crippen LogP contribution in [0.15, 0.2) is 28.7 Å². The molecule has 102 valence electrons. The van der Waals surface area contributed by atoms with E-state index in [4.69, 9.17) is 9.47 Å². The van der Waals surface area contributed by atoms with Crippen LogP contribution in [0.3, 0.4) is 0 Å². The molecule has 1 unspecified atom stereocenters. The summed E-state index contributed by atoms with van der Waals surface area (Å²) in [6.45, 7) is 7.42. The van der Waals surface area contributed by atoms with Crippen LogP contribution in [0.1, 0.15) is 32.4 Å². The summed E-state index contributed by atoms with van der Waals surface area (Å²) in [5.41, 5.74) is 1.12. The average molecular weight is 427 g/mol. The van der Waals surface area contributed by atoms with Crippen LogP contribution in [0.2, 0.25) is 0 Å². The van der Waals surface area contributed by atoms with Crippen molar-refractivity contribution in [3.8, 4) is 0 Å². The first-order chi connectivity index (χ1) is 8.42. The minimum Gasteiger partial charge on any atom is -0.373 e. The molecule has 1 atom stereocenters. The standard InChI is InChI=1S/C14H20BrIO2/c1-14(2,3)18-9-8-17-13(10-16)11-4-6-12(15)7-5-11/h4-7,13H,8-10H2,1-3H3. The van der Waals surface area contributed by atoms with E-state index in [-0.39, 0.29) is 11.7 Å². The second-order valence-electron chi connectivity index (χ2n) is 5.03. The number of halogens is 2. The number of hydrogen-bond acceptors (Lipinski definition) is 2. The molecule has 0 fully saturated rings. The summed E-state index contributed by atoms with van der Waals surface area (Å²) in [6, 6.07) is 8.28. The van der Waals surface area contributed by atoms with E-state index in [9.17, 15) is 0 Å². The fraction of sp³-hybridized carbons (Fsp3) is 0.571. The Morgan fingerprint density at radius 1 is 1.17 bits per heavy atom. The quantitative estimate of drug-likeness (QED) is 0.371. The van der Waals surface area contributed by atoms with Crippen molar-refractivity contribution in [3.63, 3.8) is 0 Å². The van der Waals surface area contributed by atoms with Gasteiger partial charge < -0.3 is 9.47 Å². The molecule has 0 saturated heterocycles. The summed E-state index contributed by atoms with van der Waals surface area (Å²) in [5.74, 6) is 0. The van der Waals surface area contributed by atoms with E-state index in [2.05, 4.69) is 71.4 Å². The van der Waals surface area contributed by atoms with Gasteiger partial charge >= 0.3 is 0 Å². The summed E-state index contributed by atoms with van der Waals surface area (Å²) in [6.07, 6.45) is 0.141. The Kier molecular flexibility index (Phi) is 7.13. The number of ether oxygens (including phenoxy) is 2. The zero-order valence-corrected chi connectivity index (χ0v) is 14.8. The lowest BCUT2D eigenvalue weighted by Crippen LogP contribution is -2.22. The Balaban J connectivity index is 2.40. The van der Waals surface area contributed by atoms with Gasteiger partial charge in [-0.1, -0.05) is 50.7 Å². The van der Waals surface area contributed by atoms with Gasteiger partial charge in [-0.25, -0.2) is 0 Å². The van der Waals surface area contributed by atoms with E-state index in [1.165, 1.54) is 5.56 Å². The second kappa shape index (κ2) is 7.82. The maximum Gasteiger partial charge on any atom is 0.0915 e. The number of rotatable bonds is 6. The van der Waals surface area contributed by atoms with Gasteiger partial charge in [0.05, 0.1) is 24.9 Å². The van der Waals surface area contributed by atoms with Crippen molar-refractivity contribution in [2.24, 2.45) is 0 Å². The molecule has 0 heterocycles. The van der Waals surface area contributed by atoms with E-state index < -0.39 is 0 Å². The van der Waals surface area contributed by atoms with Gasteiger partial charge in [-0.05, 0) is 38.5 Å². The molecule has 4 heteroatoms. The van der Waals surface area contributed by atoms with Crippen molar-refractivity contribution in [2.75, 3.05) is 17.6 Å². The van der Waals surface area contributed by atoms with Crippen molar-refractivity contribution < 1.29 is 9.47 Å². The Labute approximate surface area is 132 Å². The largest absolute Gasteiger partial charge is 0.373 e. The SMILES string of the molecule is CC(C)(C)OCCOC(CI)c1ccc(Br)cc1. The summed E-state index contributed by atoms with van der Waals surface area (Å²) < 4.78 is 13.5. The van der Waals surface area contributed by atoms with Gasteiger partial charge in [0.1, 0.15) is 0 Å². The number of benzene rings is 1. The van der Waals surface area contributed by atoms with E-state index in [0.29, 0.717) is 13.2 Å². The molecule has 0 N–H and O–H groups in total. The molecule has 1 aromatic rings. The van der Waals surface area contributed by atoms with Crippen LogP contribution in [-0.2, 0) is 9.47 Å². The first-order valence-electron chi connectivity index (χ1n) is 5.99. The molecular weight excluding hydrogens is 407 g/mol. The summed E-state index contributed by atoms with van der Waals surface area (Å²) in [7, 11) is 0. The molecule has 0 amide bonds.